The topological polar surface area (TPSA) is 132 Å². The van der Waals surface area contributed by atoms with E-state index in [0.29, 0.717) is 17.5 Å². The van der Waals surface area contributed by atoms with Gasteiger partial charge in [0.1, 0.15) is 5.82 Å². The van der Waals surface area contributed by atoms with Gasteiger partial charge in [-0.1, -0.05) is 24.3 Å². The third kappa shape index (κ3) is 5.14. The van der Waals surface area contributed by atoms with Crippen molar-refractivity contribution in [2.24, 2.45) is 11.7 Å². The van der Waals surface area contributed by atoms with Gasteiger partial charge in [-0.3, -0.25) is 19.4 Å². The van der Waals surface area contributed by atoms with E-state index in [1.54, 1.807) is 37.5 Å². The average Bonchev–Trinajstić information content (AvgIpc) is 3.64. The van der Waals surface area contributed by atoms with Crippen molar-refractivity contribution in [2.75, 3.05) is 7.05 Å². The first-order valence-corrected chi connectivity index (χ1v) is 13.7. The number of carbonyl (C=O) groups excluding carboxylic acids is 3. The van der Waals surface area contributed by atoms with Crippen LogP contribution in [0.2, 0.25) is 0 Å². The second-order valence-corrected chi connectivity index (χ2v) is 10.5. The van der Waals surface area contributed by atoms with Crippen LogP contribution in [0, 0.1) is 5.92 Å². The zero-order valence-electron chi connectivity index (χ0n) is 22.6. The van der Waals surface area contributed by atoms with E-state index in [9.17, 15) is 14.4 Å². The van der Waals surface area contributed by atoms with Crippen molar-refractivity contribution in [1.29, 1.82) is 0 Å². The Hall–Kier alpha value is -5.05. The molecule has 2 atom stereocenters. The predicted octanol–water partition coefficient (Wildman–Crippen LogP) is 4.37. The fourth-order valence-electron chi connectivity index (χ4n) is 5.78. The number of amides is 3. The largest absolute Gasteiger partial charge is 0.366 e. The first kappa shape index (κ1) is 26.2. The van der Waals surface area contributed by atoms with E-state index >= 15 is 0 Å². The van der Waals surface area contributed by atoms with Gasteiger partial charge >= 0.3 is 0 Å². The van der Waals surface area contributed by atoms with Crippen LogP contribution in [0.5, 0.6) is 0 Å². The van der Waals surface area contributed by atoms with Crippen molar-refractivity contribution in [3.63, 3.8) is 0 Å². The summed E-state index contributed by atoms with van der Waals surface area (Å²) in [6.07, 6.45) is 5.93. The Labute approximate surface area is 236 Å². The smallest absolute Gasteiger partial charge is 0.251 e. The van der Waals surface area contributed by atoms with Crippen molar-refractivity contribution < 1.29 is 14.4 Å². The van der Waals surface area contributed by atoms with Gasteiger partial charge in [0.05, 0.1) is 11.0 Å². The van der Waals surface area contributed by atoms with E-state index in [0.717, 1.165) is 51.6 Å². The normalized spacial score (nSPS) is 16.6. The molecule has 0 spiro atoms. The number of hydrogen-bond donors (Lipinski definition) is 3. The monoisotopic (exact) mass is 546 g/mol. The van der Waals surface area contributed by atoms with Gasteiger partial charge < -0.3 is 20.9 Å². The summed E-state index contributed by atoms with van der Waals surface area (Å²) in [6.45, 7) is 0.255. The second kappa shape index (κ2) is 10.8. The quantitative estimate of drug-likeness (QED) is 0.279. The highest BCUT2D eigenvalue weighted by atomic mass is 16.2. The molecular formula is C32H30N6O3. The zero-order chi connectivity index (χ0) is 28.5. The summed E-state index contributed by atoms with van der Waals surface area (Å²) >= 11 is 0. The number of carbonyl (C=O) groups is 3. The Morgan fingerprint density at radius 1 is 0.976 bits per heavy atom. The molecular weight excluding hydrogens is 516 g/mol. The lowest BCUT2D eigenvalue weighted by Gasteiger charge is -2.18. The summed E-state index contributed by atoms with van der Waals surface area (Å²) in [5, 5.41) is 7.84. The van der Waals surface area contributed by atoms with Crippen LogP contribution in [-0.4, -0.2) is 39.3 Å². The maximum Gasteiger partial charge on any atom is 0.251 e. The summed E-state index contributed by atoms with van der Waals surface area (Å²) in [7, 11) is 1.67. The van der Waals surface area contributed by atoms with Gasteiger partial charge in [-0.15, -0.1) is 0 Å². The molecule has 206 valence electrons. The maximum atomic E-state index is 13.2. The lowest BCUT2D eigenvalue weighted by Crippen LogP contribution is -2.25. The van der Waals surface area contributed by atoms with Gasteiger partial charge in [0, 0.05) is 60.0 Å². The third-order valence-corrected chi connectivity index (χ3v) is 7.90. The van der Waals surface area contributed by atoms with Crippen LogP contribution in [-0.2, 0) is 11.3 Å². The second-order valence-electron chi connectivity index (χ2n) is 10.5. The minimum atomic E-state index is -0.513. The molecule has 2 heterocycles. The molecule has 0 saturated heterocycles. The number of imidazole rings is 1. The number of rotatable bonds is 7. The maximum absolute atomic E-state index is 13.2. The molecule has 1 aliphatic carbocycles. The van der Waals surface area contributed by atoms with E-state index < -0.39 is 5.91 Å². The van der Waals surface area contributed by atoms with E-state index in [1.807, 2.05) is 42.6 Å². The summed E-state index contributed by atoms with van der Waals surface area (Å²) < 4.78 is 2.20. The molecule has 5 aromatic rings. The standard InChI is InChI=1S/C32H30N6O3/c1-34-31(40)23-7-9-26(15-23)38-28-16-24(32(41)36-17-19-3-2-4-21(13-19)29(33)39)8-10-27(28)37-30(38)22-5-6-25-18-35-12-11-20(25)14-22/h2-6,8,10-14,16,18,23,26H,7,9,15,17H2,1H3,(H2,33,39)(H,34,40)(H,36,41). The Morgan fingerprint density at radius 2 is 1.85 bits per heavy atom. The van der Waals surface area contributed by atoms with Crippen LogP contribution in [0.25, 0.3) is 33.2 Å². The first-order chi connectivity index (χ1) is 19.9. The predicted molar refractivity (Wildman–Crippen MR) is 157 cm³/mol. The van der Waals surface area contributed by atoms with Crippen LogP contribution in [0.3, 0.4) is 0 Å². The van der Waals surface area contributed by atoms with E-state index in [-0.39, 0.29) is 30.3 Å². The van der Waals surface area contributed by atoms with Gasteiger partial charge in [-0.25, -0.2) is 4.98 Å². The number of aromatic nitrogens is 3. The fraction of sp³-hybridized carbons (Fsp3) is 0.219. The highest BCUT2D eigenvalue weighted by Crippen LogP contribution is 2.40. The molecule has 1 aliphatic rings. The molecule has 6 rings (SSSR count). The van der Waals surface area contributed by atoms with E-state index in [4.69, 9.17) is 10.7 Å². The van der Waals surface area contributed by atoms with Gasteiger partial charge in [0.15, 0.2) is 0 Å². The fourth-order valence-corrected chi connectivity index (χ4v) is 5.78. The third-order valence-electron chi connectivity index (χ3n) is 7.90. The van der Waals surface area contributed by atoms with Crippen molar-refractivity contribution in [1.82, 2.24) is 25.2 Å². The molecule has 0 radical (unpaired) electrons. The minimum absolute atomic E-state index is 0.0529. The molecule has 1 saturated carbocycles. The molecule has 2 aromatic heterocycles. The number of hydrogen-bond acceptors (Lipinski definition) is 5. The van der Waals surface area contributed by atoms with Crippen LogP contribution >= 0.6 is 0 Å². The Morgan fingerprint density at radius 3 is 2.68 bits per heavy atom. The molecule has 0 aliphatic heterocycles. The summed E-state index contributed by atoms with van der Waals surface area (Å²) in [5.41, 5.74) is 9.66. The van der Waals surface area contributed by atoms with Gasteiger partial charge in [-0.2, -0.15) is 0 Å². The molecule has 41 heavy (non-hydrogen) atoms. The van der Waals surface area contributed by atoms with Crippen molar-refractivity contribution in [3.8, 4) is 11.4 Å². The minimum Gasteiger partial charge on any atom is -0.366 e. The van der Waals surface area contributed by atoms with Crippen molar-refractivity contribution in [2.45, 2.75) is 31.8 Å². The number of fused-ring (bicyclic) bond motifs is 2. The van der Waals surface area contributed by atoms with Gasteiger partial charge in [-0.05, 0) is 72.7 Å². The number of benzene rings is 3. The van der Waals surface area contributed by atoms with Crippen molar-refractivity contribution in [3.05, 3.63) is 95.8 Å². The van der Waals surface area contributed by atoms with Crippen LogP contribution in [0.15, 0.2) is 79.1 Å². The number of nitrogens with one attached hydrogen (secondary N) is 2. The number of pyridine rings is 1. The van der Waals surface area contributed by atoms with Crippen LogP contribution in [0.4, 0.5) is 0 Å². The number of primary amides is 1. The highest BCUT2D eigenvalue weighted by Gasteiger charge is 2.33. The average molecular weight is 547 g/mol. The zero-order valence-corrected chi connectivity index (χ0v) is 22.6. The lowest BCUT2D eigenvalue weighted by atomic mass is 10.1. The van der Waals surface area contributed by atoms with Gasteiger partial charge in [0.2, 0.25) is 11.8 Å². The van der Waals surface area contributed by atoms with Gasteiger partial charge in [0.25, 0.3) is 5.91 Å². The number of nitrogens with zero attached hydrogens (tertiary/aromatic N) is 3. The molecule has 4 N–H and O–H groups in total. The molecule has 1 fully saturated rings. The molecule has 0 bridgehead atoms. The molecule has 3 aromatic carbocycles. The Kier molecular flexibility index (Phi) is 6.93. The number of nitrogens with two attached hydrogens (primary N) is 1. The highest BCUT2D eigenvalue weighted by molar-refractivity contribution is 5.98. The van der Waals surface area contributed by atoms with Crippen LogP contribution in [0.1, 0.15) is 51.6 Å². The molecule has 2 unspecified atom stereocenters. The summed E-state index contributed by atoms with van der Waals surface area (Å²) in [4.78, 5) is 46.4. The molecule has 3 amide bonds. The lowest BCUT2D eigenvalue weighted by molar-refractivity contribution is -0.124. The van der Waals surface area contributed by atoms with E-state index in [1.165, 1.54) is 0 Å². The van der Waals surface area contributed by atoms with Crippen molar-refractivity contribution >= 4 is 39.5 Å². The SMILES string of the molecule is CNC(=O)C1CCC(n2c(-c3ccc4cnccc4c3)nc3ccc(C(=O)NCc4cccc(C(N)=O)c4)cc32)C1. The summed E-state index contributed by atoms with van der Waals surface area (Å²) in [6, 6.07) is 20.6. The Bertz CT molecular complexity index is 1810. The van der Waals surface area contributed by atoms with E-state index in [2.05, 4.69) is 26.3 Å². The first-order valence-electron chi connectivity index (χ1n) is 13.7. The molecule has 9 heteroatoms. The van der Waals surface area contributed by atoms with Crippen LogP contribution < -0.4 is 16.4 Å². The molecule has 9 nitrogen and oxygen atoms in total. The summed E-state index contributed by atoms with van der Waals surface area (Å²) in [5.74, 6) is 0.0414. The Balaban J connectivity index is 1.37.